The van der Waals surface area contributed by atoms with Gasteiger partial charge in [0.2, 0.25) is 0 Å². The first-order chi connectivity index (χ1) is 16.3. The lowest BCUT2D eigenvalue weighted by Crippen LogP contribution is -2.19. The van der Waals surface area contributed by atoms with Gasteiger partial charge in [0, 0.05) is 23.4 Å². The van der Waals surface area contributed by atoms with Crippen molar-refractivity contribution < 1.29 is 0 Å². The maximum Gasteiger partial charge on any atom is 0.188 e. The maximum atomic E-state index is 5.20. The average Bonchev–Trinajstić information content (AvgIpc) is 3.30. The third kappa shape index (κ3) is 10.8. The molecular weight excluding hydrogens is 528 g/mol. The first kappa shape index (κ1) is 27.4. The number of benzene rings is 1. The molecular formula is C25H29BrN6S2. The molecule has 0 aliphatic rings. The molecule has 4 aromatic rings. The van der Waals surface area contributed by atoms with E-state index >= 15 is 0 Å². The molecule has 9 heteroatoms. The fourth-order valence-electron chi connectivity index (χ4n) is 2.18. The van der Waals surface area contributed by atoms with Crippen LogP contribution in [0.25, 0.3) is 10.4 Å². The smallest absolute Gasteiger partial charge is 0.188 e. The number of hydrogen-bond acceptors (Lipinski definition) is 6. The molecule has 0 saturated carbocycles. The molecule has 1 aromatic carbocycles. The summed E-state index contributed by atoms with van der Waals surface area (Å²) in [6, 6.07) is 21.5. The van der Waals surface area contributed by atoms with Crippen molar-refractivity contribution in [1.82, 2.24) is 15.0 Å². The van der Waals surface area contributed by atoms with Crippen LogP contribution in [-0.4, -0.2) is 24.9 Å². The predicted octanol–water partition coefficient (Wildman–Crippen LogP) is 7.11. The largest absolute Gasteiger partial charge is 0.376 e. The summed E-state index contributed by atoms with van der Waals surface area (Å²) >= 11 is 9.66. The lowest BCUT2D eigenvalue weighted by molar-refractivity contribution is 0.651. The Labute approximate surface area is 219 Å². The summed E-state index contributed by atoms with van der Waals surface area (Å²) in [5, 5.41) is 6.98. The average molecular weight is 558 g/mol. The molecule has 0 bridgehead atoms. The summed E-state index contributed by atoms with van der Waals surface area (Å²) in [7, 11) is 0. The van der Waals surface area contributed by atoms with Crippen LogP contribution in [0.3, 0.4) is 0 Å². The zero-order chi connectivity index (χ0) is 24.8. The Bertz CT molecular complexity index is 1080. The molecule has 0 amide bonds. The maximum absolute atomic E-state index is 5.20. The normalized spacial score (nSPS) is 10.7. The van der Waals surface area contributed by atoms with Gasteiger partial charge in [-0.05, 0) is 48.0 Å². The van der Waals surface area contributed by atoms with Gasteiger partial charge in [-0.25, -0.2) is 15.0 Å². The van der Waals surface area contributed by atoms with Crippen LogP contribution in [0.5, 0.6) is 0 Å². The highest BCUT2D eigenvalue weighted by Crippen LogP contribution is 2.29. The van der Waals surface area contributed by atoms with Gasteiger partial charge in [-0.3, -0.25) is 0 Å². The minimum atomic E-state index is 0.235. The SMILES string of the molecule is CC(C)C(C)Br.NC(=S)Nc1ccccn1.c1ccc(-c2cnc(Nc3ccccn3)s2)cc1. The van der Waals surface area contributed by atoms with E-state index in [1.807, 2.05) is 54.7 Å². The fourth-order valence-corrected chi connectivity index (χ4v) is 3.11. The van der Waals surface area contributed by atoms with Crippen molar-refractivity contribution in [3.8, 4) is 10.4 Å². The molecule has 0 fully saturated rings. The molecule has 0 radical (unpaired) electrons. The molecule has 0 spiro atoms. The summed E-state index contributed by atoms with van der Waals surface area (Å²) in [6.45, 7) is 6.55. The Morgan fingerprint density at radius 3 is 1.94 bits per heavy atom. The second-order valence-electron chi connectivity index (χ2n) is 7.36. The number of thiocarbonyl (C=S) groups is 1. The van der Waals surface area contributed by atoms with Gasteiger partial charge in [-0.15, -0.1) is 0 Å². The summed E-state index contributed by atoms with van der Waals surface area (Å²) < 4.78 is 0. The second-order valence-corrected chi connectivity index (χ2v) is 10.3. The first-order valence-electron chi connectivity index (χ1n) is 10.7. The third-order valence-corrected chi connectivity index (χ3v) is 6.42. The summed E-state index contributed by atoms with van der Waals surface area (Å²) in [4.78, 5) is 14.3. The monoisotopic (exact) mass is 556 g/mol. The van der Waals surface area contributed by atoms with Crippen molar-refractivity contribution >= 4 is 61.4 Å². The number of nitrogens with zero attached hydrogens (tertiary/aromatic N) is 3. The van der Waals surface area contributed by atoms with Crippen LogP contribution in [0.15, 0.2) is 85.3 Å². The highest BCUT2D eigenvalue weighted by Gasteiger charge is 2.04. The minimum absolute atomic E-state index is 0.235. The highest BCUT2D eigenvalue weighted by molar-refractivity contribution is 9.09. The van der Waals surface area contributed by atoms with Crippen molar-refractivity contribution in [2.24, 2.45) is 11.7 Å². The van der Waals surface area contributed by atoms with Crippen LogP contribution >= 0.6 is 39.5 Å². The number of hydrogen-bond donors (Lipinski definition) is 3. The molecule has 1 unspecified atom stereocenters. The van der Waals surface area contributed by atoms with Crippen molar-refractivity contribution in [1.29, 1.82) is 0 Å². The van der Waals surface area contributed by atoms with Gasteiger partial charge in [0.1, 0.15) is 11.6 Å². The third-order valence-electron chi connectivity index (χ3n) is 4.30. The van der Waals surface area contributed by atoms with Gasteiger partial charge in [-0.2, -0.15) is 0 Å². The minimum Gasteiger partial charge on any atom is -0.376 e. The molecule has 34 heavy (non-hydrogen) atoms. The van der Waals surface area contributed by atoms with Crippen molar-refractivity contribution in [3.05, 3.63) is 85.3 Å². The number of nitrogens with two attached hydrogens (primary N) is 1. The Balaban J connectivity index is 0.000000215. The number of aromatic nitrogens is 3. The second kappa shape index (κ2) is 15.1. The van der Waals surface area contributed by atoms with Crippen molar-refractivity contribution in [2.75, 3.05) is 10.6 Å². The zero-order valence-electron chi connectivity index (χ0n) is 19.4. The molecule has 4 N–H and O–H groups in total. The molecule has 4 rings (SSSR count). The van der Waals surface area contributed by atoms with Gasteiger partial charge in [0.25, 0.3) is 0 Å². The zero-order valence-corrected chi connectivity index (χ0v) is 22.6. The highest BCUT2D eigenvalue weighted by atomic mass is 79.9. The number of thiazole rings is 1. The van der Waals surface area contributed by atoms with Crippen molar-refractivity contribution in [3.63, 3.8) is 0 Å². The molecule has 1 atom stereocenters. The number of pyridine rings is 2. The van der Waals surface area contributed by atoms with Gasteiger partial charge >= 0.3 is 0 Å². The van der Waals surface area contributed by atoms with Crippen LogP contribution < -0.4 is 16.4 Å². The first-order valence-corrected chi connectivity index (χ1v) is 12.8. The molecule has 0 saturated heterocycles. The van der Waals surface area contributed by atoms with Crippen LogP contribution in [0.4, 0.5) is 16.8 Å². The van der Waals surface area contributed by atoms with E-state index in [1.165, 1.54) is 5.56 Å². The summed E-state index contributed by atoms with van der Waals surface area (Å²) in [5.74, 6) is 2.26. The lowest BCUT2D eigenvalue weighted by Gasteiger charge is -2.03. The Morgan fingerprint density at radius 2 is 1.44 bits per heavy atom. The molecule has 3 aromatic heterocycles. The van der Waals surface area contributed by atoms with E-state index in [0.717, 1.165) is 21.7 Å². The fraction of sp³-hybridized carbons (Fsp3) is 0.200. The number of anilines is 3. The van der Waals surface area contributed by atoms with Gasteiger partial charge in [-0.1, -0.05) is 90.5 Å². The number of nitrogens with one attached hydrogen (secondary N) is 2. The molecule has 6 nitrogen and oxygen atoms in total. The van der Waals surface area contributed by atoms with Gasteiger partial charge < -0.3 is 16.4 Å². The Hall–Kier alpha value is -2.88. The Morgan fingerprint density at radius 1 is 0.882 bits per heavy atom. The van der Waals surface area contributed by atoms with Crippen LogP contribution in [-0.2, 0) is 0 Å². The standard InChI is InChI=1S/C14H11N3S.C6H7N3S.C5H11Br/c1-2-6-11(7-3-1)12-10-16-14(18-12)17-13-8-4-5-9-15-13;7-6(10)9-5-3-1-2-4-8-5;1-4(2)5(3)6/h1-10H,(H,15,16,17);1-4H,(H3,7,8,9,10);4-5H,1-3H3. The summed E-state index contributed by atoms with van der Waals surface area (Å²) in [6.07, 6.45) is 5.31. The molecule has 3 heterocycles. The van der Waals surface area contributed by atoms with E-state index in [9.17, 15) is 0 Å². The molecule has 0 aliphatic carbocycles. The van der Waals surface area contributed by atoms with E-state index in [4.69, 9.17) is 5.73 Å². The molecule has 0 aliphatic heterocycles. The van der Waals surface area contributed by atoms with Crippen LogP contribution in [0.2, 0.25) is 0 Å². The summed E-state index contributed by atoms with van der Waals surface area (Å²) in [5.41, 5.74) is 6.39. The van der Waals surface area contributed by atoms with E-state index in [-0.39, 0.29) is 5.11 Å². The van der Waals surface area contributed by atoms with Crippen molar-refractivity contribution in [2.45, 2.75) is 25.6 Å². The van der Waals surface area contributed by atoms with Crippen LogP contribution in [0, 0.1) is 5.92 Å². The van der Waals surface area contributed by atoms with Crippen LogP contribution in [0.1, 0.15) is 20.8 Å². The van der Waals surface area contributed by atoms with Gasteiger partial charge in [0.05, 0.1) is 4.88 Å². The molecule has 178 valence electrons. The number of rotatable bonds is 5. The van der Waals surface area contributed by atoms with E-state index in [2.05, 4.69) is 86.6 Å². The Kier molecular flexibility index (Phi) is 12.2. The lowest BCUT2D eigenvalue weighted by atomic mass is 10.2. The topological polar surface area (TPSA) is 88.8 Å². The quantitative estimate of drug-likeness (QED) is 0.178. The van der Waals surface area contributed by atoms with E-state index in [0.29, 0.717) is 10.6 Å². The van der Waals surface area contributed by atoms with E-state index < -0.39 is 0 Å². The van der Waals surface area contributed by atoms with E-state index in [1.54, 1.807) is 29.8 Å². The van der Waals surface area contributed by atoms with Gasteiger partial charge in [0.15, 0.2) is 10.2 Å². The number of alkyl halides is 1. The predicted molar refractivity (Wildman–Crippen MR) is 153 cm³/mol. The number of halogens is 1.